The molecule has 2 nitrogen and oxygen atoms in total. The van der Waals surface area contributed by atoms with E-state index in [1.54, 1.807) is 6.07 Å². The Labute approximate surface area is 124 Å². The van der Waals surface area contributed by atoms with E-state index in [9.17, 15) is 4.79 Å². The van der Waals surface area contributed by atoms with Crippen LogP contribution in [0.25, 0.3) is 0 Å². The largest absolute Gasteiger partial charge is 0.336 e. The highest BCUT2D eigenvalue weighted by molar-refractivity contribution is 6.31. The summed E-state index contributed by atoms with van der Waals surface area (Å²) in [5, 5.41) is 0.625. The molecule has 1 unspecified atom stereocenters. The standard InChI is InChI=1S/C15H19Cl2NO/c1-11-8-12(10-13(17)9-11)15(19)18-7-3-5-14(18)4-2-6-16/h8-10,14H,2-7H2,1H3. The van der Waals surface area contributed by atoms with Gasteiger partial charge < -0.3 is 4.90 Å². The van der Waals surface area contributed by atoms with Crippen LogP contribution in [0.5, 0.6) is 0 Å². The summed E-state index contributed by atoms with van der Waals surface area (Å²) in [5.74, 6) is 0.761. The monoisotopic (exact) mass is 299 g/mol. The lowest BCUT2D eigenvalue weighted by Crippen LogP contribution is -2.35. The predicted octanol–water partition coefficient (Wildman–Crippen LogP) is 4.27. The van der Waals surface area contributed by atoms with Crippen LogP contribution in [0.15, 0.2) is 18.2 Å². The second-order valence-electron chi connectivity index (χ2n) is 5.14. The number of amides is 1. The summed E-state index contributed by atoms with van der Waals surface area (Å²) in [4.78, 5) is 14.5. The van der Waals surface area contributed by atoms with Gasteiger partial charge in [0.25, 0.3) is 5.91 Å². The maximum atomic E-state index is 12.6. The molecular formula is C15H19Cl2NO. The Morgan fingerprint density at radius 3 is 2.89 bits per heavy atom. The number of benzene rings is 1. The van der Waals surface area contributed by atoms with E-state index >= 15 is 0 Å². The van der Waals surface area contributed by atoms with Crippen molar-refractivity contribution in [3.8, 4) is 0 Å². The van der Waals surface area contributed by atoms with Crippen LogP contribution < -0.4 is 0 Å². The number of likely N-dealkylation sites (tertiary alicyclic amines) is 1. The first-order chi connectivity index (χ1) is 9.11. The molecule has 1 aliphatic heterocycles. The van der Waals surface area contributed by atoms with Crippen molar-refractivity contribution in [2.45, 2.75) is 38.6 Å². The van der Waals surface area contributed by atoms with Crippen LogP contribution in [-0.4, -0.2) is 29.3 Å². The van der Waals surface area contributed by atoms with Crippen LogP contribution in [0.4, 0.5) is 0 Å². The normalized spacial score (nSPS) is 18.9. The lowest BCUT2D eigenvalue weighted by Gasteiger charge is -2.25. The van der Waals surface area contributed by atoms with E-state index in [0.717, 1.165) is 37.8 Å². The molecule has 4 heteroatoms. The van der Waals surface area contributed by atoms with Gasteiger partial charge in [-0.25, -0.2) is 0 Å². The molecule has 1 aromatic rings. The third-order valence-corrected chi connectivity index (χ3v) is 4.08. The van der Waals surface area contributed by atoms with Gasteiger partial charge in [-0.05, 0) is 56.4 Å². The number of nitrogens with zero attached hydrogens (tertiary/aromatic N) is 1. The Hall–Kier alpha value is -0.730. The Kier molecular flexibility index (Phi) is 5.12. The number of carbonyl (C=O) groups excluding carboxylic acids is 1. The lowest BCUT2D eigenvalue weighted by atomic mass is 10.1. The Bertz CT molecular complexity index is 441. The third-order valence-electron chi connectivity index (χ3n) is 3.60. The quantitative estimate of drug-likeness (QED) is 0.760. The molecule has 1 saturated heterocycles. The first kappa shape index (κ1) is 14.7. The summed E-state index contributed by atoms with van der Waals surface area (Å²) < 4.78 is 0. The maximum absolute atomic E-state index is 12.6. The average molecular weight is 300 g/mol. The van der Waals surface area contributed by atoms with Crippen molar-refractivity contribution < 1.29 is 4.79 Å². The van der Waals surface area contributed by atoms with E-state index in [1.165, 1.54) is 0 Å². The molecule has 1 fully saturated rings. The number of aryl methyl sites for hydroxylation is 1. The summed E-state index contributed by atoms with van der Waals surface area (Å²) >= 11 is 11.8. The molecule has 1 heterocycles. The van der Waals surface area contributed by atoms with Crippen molar-refractivity contribution in [1.29, 1.82) is 0 Å². The van der Waals surface area contributed by atoms with Gasteiger partial charge in [0.15, 0.2) is 0 Å². The van der Waals surface area contributed by atoms with E-state index < -0.39 is 0 Å². The first-order valence-electron chi connectivity index (χ1n) is 6.76. The van der Waals surface area contributed by atoms with E-state index in [-0.39, 0.29) is 5.91 Å². The fourth-order valence-electron chi connectivity index (χ4n) is 2.74. The molecule has 19 heavy (non-hydrogen) atoms. The molecule has 0 bridgehead atoms. The highest BCUT2D eigenvalue weighted by Crippen LogP contribution is 2.25. The molecule has 0 aromatic heterocycles. The molecule has 2 rings (SSSR count). The molecule has 1 amide bonds. The van der Waals surface area contributed by atoms with E-state index in [4.69, 9.17) is 23.2 Å². The van der Waals surface area contributed by atoms with E-state index in [1.807, 2.05) is 24.0 Å². The van der Waals surface area contributed by atoms with Gasteiger partial charge in [0, 0.05) is 29.1 Å². The van der Waals surface area contributed by atoms with Crippen molar-refractivity contribution in [2.75, 3.05) is 12.4 Å². The molecule has 104 valence electrons. The molecule has 1 aliphatic rings. The molecule has 1 aromatic carbocycles. The molecule has 0 radical (unpaired) electrons. The Morgan fingerprint density at radius 2 is 2.21 bits per heavy atom. The topological polar surface area (TPSA) is 20.3 Å². The summed E-state index contributed by atoms with van der Waals surface area (Å²) in [6, 6.07) is 5.87. The van der Waals surface area contributed by atoms with Gasteiger partial charge in [0.1, 0.15) is 0 Å². The molecule has 0 aliphatic carbocycles. The zero-order chi connectivity index (χ0) is 13.8. The summed E-state index contributed by atoms with van der Waals surface area (Å²) in [7, 11) is 0. The maximum Gasteiger partial charge on any atom is 0.254 e. The van der Waals surface area contributed by atoms with Gasteiger partial charge in [0.2, 0.25) is 0 Å². The SMILES string of the molecule is Cc1cc(Cl)cc(C(=O)N2CCCC2CCCCl)c1. The van der Waals surface area contributed by atoms with Crippen molar-refractivity contribution in [3.63, 3.8) is 0 Å². The highest BCUT2D eigenvalue weighted by Gasteiger charge is 2.28. The molecule has 0 spiro atoms. The molecule has 0 N–H and O–H groups in total. The molecule has 0 saturated carbocycles. The predicted molar refractivity (Wildman–Crippen MR) is 80.2 cm³/mol. The van der Waals surface area contributed by atoms with Crippen LogP contribution in [0, 0.1) is 6.92 Å². The minimum Gasteiger partial charge on any atom is -0.336 e. The number of hydrogen-bond acceptors (Lipinski definition) is 1. The van der Waals surface area contributed by atoms with Gasteiger partial charge in [0.05, 0.1) is 0 Å². The molecule has 1 atom stereocenters. The Balaban J connectivity index is 2.13. The van der Waals surface area contributed by atoms with Crippen LogP contribution in [0.3, 0.4) is 0 Å². The van der Waals surface area contributed by atoms with Gasteiger partial charge in [-0.15, -0.1) is 11.6 Å². The number of alkyl halides is 1. The van der Waals surface area contributed by atoms with Gasteiger partial charge in [-0.3, -0.25) is 4.79 Å². The number of carbonyl (C=O) groups is 1. The van der Waals surface area contributed by atoms with Crippen LogP contribution in [0.2, 0.25) is 5.02 Å². The third kappa shape index (κ3) is 3.64. The second-order valence-corrected chi connectivity index (χ2v) is 5.96. The second kappa shape index (κ2) is 6.62. The zero-order valence-electron chi connectivity index (χ0n) is 11.2. The first-order valence-corrected chi connectivity index (χ1v) is 7.67. The smallest absolute Gasteiger partial charge is 0.254 e. The van der Waals surface area contributed by atoms with Gasteiger partial charge in [-0.1, -0.05) is 11.6 Å². The van der Waals surface area contributed by atoms with E-state index in [2.05, 4.69) is 0 Å². The highest BCUT2D eigenvalue weighted by atomic mass is 35.5. The van der Waals surface area contributed by atoms with Crippen LogP contribution in [0.1, 0.15) is 41.6 Å². The number of hydrogen-bond donors (Lipinski definition) is 0. The number of rotatable bonds is 4. The van der Waals surface area contributed by atoms with Crippen molar-refractivity contribution in [3.05, 3.63) is 34.3 Å². The minimum atomic E-state index is 0.0997. The fourth-order valence-corrected chi connectivity index (χ4v) is 3.19. The lowest BCUT2D eigenvalue weighted by molar-refractivity contribution is 0.0730. The summed E-state index contributed by atoms with van der Waals surface area (Å²) in [6.07, 6.45) is 4.12. The summed E-state index contributed by atoms with van der Waals surface area (Å²) in [5.41, 5.74) is 1.72. The van der Waals surface area contributed by atoms with Gasteiger partial charge >= 0.3 is 0 Å². The van der Waals surface area contributed by atoms with Crippen LogP contribution in [-0.2, 0) is 0 Å². The molecular weight excluding hydrogens is 281 g/mol. The van der Waals surface area contributed by atoms with Crippen molar-refractivity contribution in [1.82, 2.24) is 4.90 Å². The summed E-state index contributed by atoms with van der Waals surface area (Å²) in [6.45, 7) is 2.80. The van der Waals surface area contributed by atoms with Crippen molar-refractivity contribution in [2.24, 2.45) is 0 Å². The van der Waals surface area contributed by atoms with Gasteiger partial charge in [-0.2, -0.15) is 0 Å². The average Bonchev–Trinajstić information content (AvgIpc) is 2.82. The fraction of sp³-hybridized carbons (Fsp3) is 0.533. The zero-order valence-corrected chi connectivity index (χ0v) is 12.7. The van der Waals surface area contributed by atoms with Crippen molar-refractivity contribution >= 4 is 29.1 Å². The number of halogens is 2. The van der Waals surface area contributed by atoms with Crippen LogP contribution >= 0.6 is 23.2 Å². The van der Waals surface area contributed by atoms with E-state index in [0.29, 0.717) is 22.5 Å². The minimum absolute atomic E-state index is 0.0997. The Morgan fingerprint density at radius 1 is 1.42 bits per heavy atom.